The predicted molar refractivity (Wildman–Crippen MR) is 221 cm³/mol. The molecule has 8 rings (SSSR count). The van der Waals surface area contributed by atoms with Crippen molar-refractivity contribution >= 4 is 52.2 Å². The number of aliphatic hydroxyl groups is 1. The number of piperazine rings is 1. The number of carbonyl (C=O) groups excluding carboxylic acids is 5. The molecular formula is C44H49F3N8O7. The molecule has 1 aliphatic carbocycles. The molecule has 62 heavy (non-hydrogen) atoms. The van der Waals surface area contributed by atoms with E-state index >= 15 is 0 Å². The topological polar surface area (TPSA) is 178 Å². The van der Waals surface area contributed by atoms with Gasteiger partial charge >= 0.3 is 6.18 Å². The zero-order valence-electron chi connectivity index (χ0n) is 34.1. The van der Waals surface area contributed by atoms with Crippen LogP contribution < -0.4 is 16.0 Å². The third-order valence-electron chi connectivity index (χ3n) is 12.3. The molecule has 4 aromatic rings. The summed E-state index contributed by atoms with van der Waals surface area (Å²) >= 11 is 0. The van der Waals surface area contributed by atoms with Gasteiger partial charge in [0.15, 0.2) is 0 Å². The van der Waals surface area contributed by atoms with Crippen molar-refractivity contribution in [3.05, 3.63) is 88.5 Å². The molecule has 1 aromatic heterocycles. The minimum absolute atomic E-state index is 0.000827. The molecule has 3 fully saturated rings. The van der Waals surface area contributed by atoms with Gasteiger partial charge in [0.1, 0.15) is 6.04 Å². The maximum Gasteiger partial charge on any atom is 0.416 e. The number of nitrogens with zero attached hydrogens (tertiary/aromatic N) is 5. The van der Waals surface area contributed by atoms with Crippen LogP contribution >= 0.6 is 0 Å². The van der Waals surface area contributed by atoms with Crippen molar-refractivity contribution in [3.63, 3.8) is 0 Å². The van der Waals surface area contributed by atoms with Gasteiger partial charge in [0, 0.05) is 76.1 Å². The van der Waals surface area contributed by atoms with Crippen LogP contribution in [0.25, 0.3) is 11.0 Å². The lowest BCUT2D eigenvalue weighted by Crippen LogP contribution is -2.54. The Hall–Kier alpha value is -5.69. The van der Waals surface area contributed by atoms with Gasteiger partial charge in [-0.25, -0.2) is 4.98 Å². The number of amides is 5. The fourth-order valence-corrected chi connectivity index (χ4v) is 8.94. The standard InChI is InChI=1S/C44H49F3N8O7/c45-44(46,47)30-4-1-3-29(24-30)39(58)51-43-49-34-23-28(9-12-35(34)54(43)31-10-7-27(26-56)8-11-31)25-53-18-16-52(17-19-53)20-22-62-21-15-48-33-6-2-5-32-38(33)42(61)55(41(32)60)36-13-14-37(57)50-40(36)59/h1-6,9,12,23-24,27,31,36,48,56H,7-8,10-11,13-22,25-26H2,(H,49,51,58)(H,50,57,59)/t27-,31+,36?. The Morgan fingerprint density at radius 2 is 1.65 bits per heavy atom. The number of imidazole rings is 1. The van der Waals surface area contributed by atoms with Crippen LogP contribution in [0.4, 0.5) is 24.8 Å². The number of alkyl halides is 3. The van der Waals surface area contributed by atoms with E-state index in [1.54, 1.807) is 18.2 Å². The first kappa shape index (κ1) is 43.0. The molecule has 2 saturated heterocycles. The van der Waals surface area contributed by atoms with Gasteiger partial charge in [-0.1, -0.05) is 18.2 Å². The Balaban J connectivity index is 0.820. The Morgan fingerprint density at radius 1 is 0.887 bits per heavy atom. The van der Waals surface area contributed by atoms with E-state index in [9.17, 15) is 42.3 Å². The molecule has 15 nitrogen and oxygen atoms in total. The molecule has 4 heterocycles. The number of hydrogen-bond donors (Lipinski definition) is 4. The quantitative estimate of drug-likeness (QED) is 0.102. The molecule has 0 bridgehead atoms. The van der Waals surface area contributed by atoms with Crippen LogP contribution in [0.15, 0.2) is 60.7 Å². The molecule has 1 atom stereocenters. The van der Waals surface area contributed by atoms with E-state index in [4.69, 9.17) is 9.72 Å². The number of anilines is 2. The van der Waals surface area contributed by atoms with E-state index in [-0.39, 0.29) is 54.0 Å². The Bertz CT molecular complexity index is 2350. The molecule has 0 radical (unpaired) electrons. The van der Waals surface area contributed by atoms with Crippen molar-refractivity contribution in [2.45, 2.75) is 63.3 Å². The molecule has 0 spiro atoms. The van der Waals surface area contributed by atoms with Crippen molar-refractivity contribution in [1.82, 2.24) is 29.6 Å². The van der Waals surface area contributed by atoms with E-state index in [0.717, 1.165) is 86.5 Å². The SMILES string of the molecule is O=C1CCC(N2C(=O)c3cccc(NCCOCCN4CCN(Cc5ccc6c(c5)nc(NC(=O)c5cccc(C(F)(F)F)c5)n6[C@H]5CC[C@@H](CO)CC5)CC4)c3C2=O)C(=O)N1. The molecule has 5 amide bonds. The van der Waals surface area contributed by atoms with Gasteiger partial charge in [0.05, 0.1) is 40.9 Å². The summed E-state index contributed by atoms with van der Waals surface area (Å²) < 4.78 is 48.2. The number of imide groups is 2. The largest absolute Gasteiger partial charge is 0.416 e. The monoisotopic (exact) mass is 858 g/mol. The second-order valence-electron chi connectivity index (χ2n) is 16.4. The summed E-state index contributed by atoms with van der Waals surface area (Å²) in [4.78, 5) is 74.3. The molecule has 3 aromatic carbocycles. The molecule has 3 aliphatic heterocycles. The van der Waals surface area contributed by atoms with Gasteiger partial charge in [-0.05, 0) is 86.1 Å². The number of aliphatic hydroxyl groups excluding tert-OH is 1. The van der Waals surface area contributed by atoms with Gasteiger partial charge in [0.25, 0.3) is 17.7 Å². The highest BCUT2D eigenvalue weighted by molar-refractivity contribution is 6.25. The van der Waals surface area contributed by atoms with Crippen LogP contribution in [0.3, 0.4) is 0 Å². The summed E-state index contributed by atoms with van der Waals surface area (Å²) in [5, 5.41) is 17.9. The first-order valence-corrected chi connectivity index (χ1v) is 21.1. The van der Waals surface area contributed by atoms with E-state index in [2.05, 4.69) is 31.8 Å². The number of carbonyl (C=O) groups is 5. The van der Waals surface area contributed by atoms with E-state index in [1.165, 1.54) is 12.1 Å². The fourth-order valence-electron chi connectivity index (χ4n) is 8.94. The van der Waals surface area contributed by atoms with Crippen molar-refractivity contribution in [2.24, 2.45) is 5.92 Å². The third kappa shape index (κ3) is 9.23. The second-order valence-corrected chi connectivity index (χ2v) is 16.4. The number of piperidine rings is 1. The first-order chi connectivity index (χ1) is 29.9. The fraction of sp³-hybridized carbons (Fsp3) is 0.455. The number of nitrogens with one attached hydrogen (secondary N) is 3. The Kier molecular flexibility index (Phi) is 12.7. The highest BCUT2D eigenvalue weighted by atomic mass is 19.4. The Morgan fingerprint density at radius 3 is 2.39 bits per heavy atom. The highest BCUT2D eigenvalue weighted by Gasteiger charge is 2.45. The second kappa shape index (κ2) is 18.3. The number of ether oxygens (including phenoxy) is 1. The Labute approximate surface area is 355 Å². The first-order valence-electron chi connectivity index (χ1n) is 21.1. The maximum absolute atomic E-state index is 13.4. The average Bonchev–Trinajstić information content (AvgIpc) is 3.74. The van der Waals surface area contributed by atoms with E-state index in [0.29, 0.717) is 37.5 Å². The van der Waals surface area contributed by atoms with Crippen LogP contribution in [-0.2, 0) is 27.0 Å². The van der Waals surface area contributed by atoms with Gasteiger partial charge < -0.3 is 19.7 Å². The number of benzene rings is 3. The minimum Gasteiger partial charge on any atom is -0.396 e. The normalized spacial score (nSPS) is 21.4. The van der Waals surface area contributed by atoms with Crippen LogP contribution in [-0.4, -0.2) is 124 Å². The average molecular weight is 859 g/mol. The smallest absolute Gasteiger partial charge is 0.396 e. The minimum atomic E-state index is -4.58. The van der Waals surface area contributed by atoms with Crippen LogP contribution in [0.1, 0.15) is 86.8 Å². The summed E-state index contributed by atoms with van der Waals surface area (Å²) in [6, 6.07) is 14.3. The molecule has 1 saturated carbocycles. The van der Waals surface area contributed by atoms with E-state index in [1.807, 2.05) is 16.7 Å². The summed E-state index contributed by atoms with van der Waals surface area (Å²) in [5.41, 5.74) is 2.44. The molecule has 1 unspecified atom stereocenters. The zero-order chi connectivity index (χ0) is 43.5. The van der Waals surface area contributed by atoms with Crippen molar-refractivity contribution in [2.75, 3.05) is 69.7 Å². The van der Waals surface area contributed by atoms with Crippen molar-refractivity contribution in [3.8, 4) is 0 Å². The van der Waals surface area contributed by atoms with Gasteiger partial charge in [-0.2, -0.15) is 13.2 Å². The van der Waals surface area contributed by atoms with Gasteiger partial charge in [-0.15, -0.1) is 0 Å². The predicted octanol–water partition coefficient (Wildman–Crippen LogP) is 4.68. The lowest BCUT2D eigenvalue weighted by molar-refractivity contribution is -0.138. The molecule has 328 valence electrons. The van der Waals surface area contributed by atoms with Crippen LogP contribution in [0.5, 0.6) is 0 Å². The lowest BCUT2D eigenvalue weighted by atomic mass is 9.86. The number of fused-ring (bicyclic) bond motifs is 2. The number of hydrogen-bond acceptors (Lipinski definition) is 11. The van der Waals surface area contributed by atoms with Crippen molar-refractivity contribution in [1.29, 1.82) is 0 Å². The maximum atomic E-state index is 13.4. The summed E-state index contributed by atoms with van der Waals surface area (Å²) in [5.74, 6) is -2.39. The highest BCUT2D eigenvalue weighted by Crippen LogP contribution is 2.38. The van der Waals surface area contributed by atoms with Gasteiger partial charge in [0.2, 0.25) is 17.8 Å². The van der Waals surface area contributed by atoms with E-state index < -0.39 is 47.3 Å². The van der Waals surface area contributed by atoms with Crippen molar-refractivity contribution < 1.29 is 47.0 Å². The molecule has 4 aliphatic rings. The van der Waals surface area contributed by atoms with Gasteiger partial charge in [-0.3, -0.25) is 49.3 Å². The van der Waals surface area contributed by atoms with Crippen LogP contribution in [0, 0.1) is 5.92 Å². The molecule has 4 N–H and O–H groups in total. The molecular weight excluding hydrogens is 810 g/mol. The zero-order valence-corrected chi connectivity index (χ0v) is 34.1. The molecule has 18 heteroatoms. The summed E-state index contributed by atoms with van der Waals surface area (Å²) in [7, 11) is 0. The third-order valence-corrected chi connectivity index (χ3v) is 12.3. The summed E-state index contributed by atoms with van der Waals surface area (Å²) in [6.45, 7) is 6.16. The number of rotatable bonds is 14. The number of halogens is 3. The number of aromatic nitrogens is 2. The summed E-state index contributed by atoms with van der Waals surface area (Å²) in [6.07, 6.45) is -1.28. The lowest BCUT2D eigenvalue weighted by Gasteiger charge is -2.34. The van der Waals surface area contributed by atoms with Crippen LogP contribution in [0.2, 0.25) is 0 Å².